The van der Waals surface area contributed by atoms with Crippen LogP contribution in [0.1, 0.15) is 28.4 Å². The molecule has 1 aliphatic heterocycles. The minimum Gasteiger partial charge on any atom is -0.481 e. The highest BCUT2D eigenvalue weighted by atomic mass is 16.6. The molecule has 1 heterocycles. The molecule has 0 amide bonds. The fourth-order valence-electron chi connectivity index (χ4n) is 2.51. The lowest BCUT2D eigenvalue weighted by Gasteiger charge is -2.14. The smallest absolute Gasteiger partial charge is 0.338 e. The molecule has 8 nitrogen and oxygen atoms in total. The third-order valence-electron chi connectivity index (χ3n) is 3.51. The van der Waals surface area contributed by atoms with Crippen LogP contribution in [0.5, 0.6) is 0 Å². The van der Waals surface area contributed by atoms with Crippen LogP contribution < -0.4 is 5.32 Å². The third-order valence-corrected chi connectivity index (χ3v) is 3.51. The zero-order valence-corrected chi connectivity index (χ0v) is 11.2. The number of nitro benzene ring substituents is 1. The molecular weight excluding hydrogens is 280 g/mol. The number of nitro groups is 1. The SMILES string of the molecule is COC(=O)c1cccc([N+](=O)[O-])c1C1CC(C(=O)O)CN1. The number of carboxylic acid groups (broad SMARTS) is 1. The number of ether oxygens (including phenoxy) is 1. The number of aliphatic carboxylic acids is 1. The van der Waals surface area contributed by atoms with Gasteiger partial charge in [0.25, 0.3) is 5.69 Å². The minimum absolute atomic E-state index is 0.0789. The molecule has 1 aromatic carbocycles. The second kappa shape index (κ2) is 5.88. The zero-order chi connectivity index (χ0) is 15.6. The van der Waals surface area contributed by atoms with Gasteiger partial charge >= 0.3 is 11.9 Å². The van der Waals surface area contributed by atoms with Crippen LogP contribution in [0.4, 0.5) is 5.69 Å². The molecule has 0 spiro atoms. The van der Waals surface area contributed by atoms with Gasteiger partial charge in [0.15, 0.2) is 0 Å². The fraction of sp³-hybridized carbons (Fsp3) is 0.385. The van der Waals surface area contributed by atoms with E-state index in [9.17, 15) is 19.7 Å². The Hall–Kier alpha value is -2.48. The van der Waals surface area contributed by atoms with Crippen LogP contribution in [-0.2, 0) is 9.53 Å². The maximum Gasteiger partial charge on any atom is 0.338 e. The molecule has 1 saturated heterocycles. The zero-order valence-electron chi connectivity index (χ0n) is 11.2. The summed E-state index contributed by atoms with van der Waals surface area (Å²) >= 11 is 0. The van der Waals surface area contributed by atoms with Crippen molar-refractivity contribution in [1.29, 1.82) is 0 Å². The highest BCUT2D eigenvalue weighted by molar-refractivity contribution is 5.92. The molecule has 2 rings (SSSR count). The first kappa shape index (κ1) is 14.9. The van der Waals surface area contributed by atoms with Gasteiger partial charge in [-0.2, -0.15) is 0 Å². The first-order chi connectivity index (χ1) is 9.95. The summed E-state index contributed by atoms with van der Waals surface area (Å²) < 4.78 is 4.64. The van der Waals surface area contributed by atoms with E-state index < -0.39 is 28.8 Å². The molecule has 2 atom stereocenters. The van der Waals surface area contributed by atoms with Crippen LogP contribution >= 0.6 is 0 Å². The van der Waals surface area contributed by atoms with Crippen LogP contribution in [-0.4, -0.2) is 35.6 Å². The van der Waals surface area contributed by atoms with Gasteiger partial charge in [0, 0.05) is 18.7 Å². The fourth-order valence-corrected chi connectivity index (χ4v) is 2.51. The maximum absolute atomic E-state index is 11.8. The Morgan fingerprint density at radius 2 is 2.19 bits per heavy atom. The first-order valence-electron chi connectivity index (χ1n) is 6.27. The number of hydrogen-bond donors (Lipinski definition) is 2. The van der Waals surface area contributed by atoms with E-state index in [0.29, 0.717) is 0 Å². The molecule has 1 fully saturated rings. The Labute approximate surface area is 119 Å². The molecule has 8 heteroatoms. The lowest BCUT2D eigenvalue weighted by Crippen LogP contribution is -2.19. The number of carbonyl (C=O) groups is 2. The van der Waals surface area contributed by atoms with E-state index in [2.05, 4.69) is 10.1 Å². The summed E-state index contributed by atoms with van der Waals surface area (Å²) in [5.41, 5.74) is 0.0368. The summed E-state index contributed by atoms with van der Waals surface area (Å²) in [6, 6.07) is 3.56. The average Bonchev–Trinajstić information content (AvgIpc) is 2.95. The summed E-state index contributed by atoms with van der Waals surface area (Å²) in [4.78, 5) is 33.4. The minimum atomic E-state index is -0.969. The largest absolute Gasteiger partial charge is 0.481 e. The number of benzene rings is 1. The third kappa shape index (κ3) is 2.84. The van der Waals surface area contributed by atoms with E-state index >= 15 is 0 Å². The van der Waals surface area contributed by atoms with Gasteiger partial charge in [-0.25, -0.2) is 4.79 Å². The van der Waals surface area contributed by atoms with Gasteiger partial charge in [0.05, 0.1) is 29.1 Å². The number of rotatable bonds is 4. The number of nitrogens with zero attached hydrogens (tertiary/aromatic N) is 1. The van der Waals surface area contributed by atoms with E-state index in [0.717, 1.165) is 0 Å². The lowest BCUT2D eigenvalue weighted by atomic mass is 9.94. The first-order valence-corrected chi connectivity index (χ1v) is 6.27. The second-order valence-electron chi connectivity index (χ2n) is 4.72. The molecule has 2 N–H and O–H groups in total. The standard InChI is InChI=1S/C13H14N2O6/c1-21-13(18)8-3-2-4-10(15(19)20)11(8)9-5-7(6-14-9)12(16)17/h2-4,7,9,14H,5-6H2,1H3,(H,16,17). The van der Waals surface area contributed by atoms with Crippen LogP contribution in [0.3, 0.4) is 0 Å². The van der Waals surface area contributed by atoms with Crippen LogP contribution in [0.15, 0.2) is 18.2 Å². The molecule has 0 saturated carbocycles. The van der Waals surface area contributed by atoms with Crippen molar-refractivity contribution < 1.29 is 24.4 Å². The van der Waals surface area contributed by atoms with E-state index in [1.807, 2.05) is 0 Å². The summed E-state index contributed by atoms with van der Waals surface area (Å²) in [6.45, 7) is 0.201. The van der Waals surface area contributed by atoms with E-state index in [4.69, 9.17) is 5.11 Å². The van der Waals surface area contributed by atoms with E-state index in [1.165, 1.54) is 25.3 Å². The van der Waals surface area contributed by atoms with E-state index in [-0.39, 0.29) is 29.8 Å². The normalized spacial score (nSPS) is 21.0. The van der Waals surface area contributed by atoms with Crippen molar-refractivity contribution in [2.24, 2.45) is 5.92 Å². The van der Waals surface area contributed by atoms with Gasteiger partial charge in [-0.15, -0.1) is 0 Å². The molecule has 1 aliphatic rings. The Morgan fingerprint density at radius 1 is 1.48 bits per heavy atom. The number of nitrogens with one attached hydrogen (secondary N) is 1. The van der Waals surface area contributed by atoms with Gasteiger partial charge in [0.1, 0.15) is 0 Å². The monoisotopic (exact) mass is 294 g/mol. The molecule has 1 aromatic rings. The number of methoxy groups -OCH3 is 1. The van der Waals surface area contributed by atoms with Crippen LogP contribution in [0.2, 0.25) is 0 Å². The molecule has 0 aliphatic carbocycles. The van der Waals surface area contributed by atoms with Crippen LogP contribution in [0, 0.1) is 16.0 Å². The predicted octanol–water partition coefficient (Wildman–Crippen LogP) is 1.12. The second-order valence-corrected chi connectivity index (χ2v) is 4.72. The predicted molar refractivity (Wildman–Crippen MR) is 70.9 cm³/mol. The van der Waals surface area contributed by atoms with Crippen molar-refractivity contribution in [3.63, 3.8) is 0 Å². The van der Waals surface area contributed by atoms with Crippen molar-refractivity contribution in [2.75, 3.05) is 13.7 Å². The highest BCUT2D eigenvalue weighted by Gasteiger charge is 2.36. The Kier molecular flexibility index (Phi) is 4.18. The Bertz CT molecular complexity index is 600. The van der Waals surface area contributed by atoms with Crippen molar-refractivity contribution in [3.8, 4) is 0 Å². The Balaban J connectivity index is 2.47. The summed E-state index contributed by atoms with van der Waals surface area (Å²) in [6.07, 6.45) is 0.185. The van der Waals surface area contributed by atoms with Crippen molar-refractivity contribution >= 4 is 17.6 Å². The Morgan fingerprint density at radius 3 is 2.71 bits per heavy atom. The van der Waals surface area contributed by atoms with Gasteiger partial charge in [0.2, 0.25) is 0 Å². The van der Waals surface area contributed by atoms with Crippen molar-refractivity contribution in [3.05, 3.63) is 39.4 Å². The van der Waals surface area contributed by atoms with Gasteiger partial charge in [-0.05, 0) is 12.5 Å². The number of carbonyl (C=O) groups excluding carboxylic acids is 1. The van der Waals surface area contributed by atoms with Gasteiger partial charge in [-0.1, -0.05) is 6.07 Å². The maximum atomic E-state index is 11.8. The molecule has 0 radical (unpaired) electrons. The van der Waals surface area contributed by atoms with Gasteiger partial charge in [-0.3, -0.25) is 14.9 Å². The molecular formula is C13H14N2O6. The van der Waals surface area contributed by atoms with Crippen molar-refractivity contribution in [1.82, 2.24) is 5.32 Å². The topological polar surface area (TPSA) is 119 Å². The summed E-state index contributed by atoms with van der Waals surface area (Å²) in [5, 5.41) is 23.1. The number of carboxylic acids is 1. The molecule has 2 unspecified atom stereocenters. The number of hydrogen-bond acceptors (Lipinski definition) is 6. The quantitative estimate of drug-likeness (QED) is 0.485. The summed E-state index contributed by atoms with van der Waals surface area (Å²) in [5.74, 6) is -2.29. The highest BCUT2D eigenvalue weighted by Crippen LogP contribution is 2.35. The van der Waals surface area contributed by atoms with E-state index in [1.54, 1.807) is 0 Å². The summed E-state index contributed by atoms with van der Waals surface area (Å²) in [7, 11) is 1.19. The number of esters is 1. The van der Waals surface area contributed by atoms with Gasteiger partial charge < -0.3 is 15.2 Å². The molecule has 0 bridgehead atoms. The lowest BCUT2D eigenvalue weighted by molar-refractivity contribution is -0.385. The van der Waals surface area contributed by atoms with Crippen molar-refractivity contribution in [2.45, 2.75) is 12.5 Å². The molecule has 0 aromatic heterocycles. The van der Waals surface area contributed by atoms with Crippen LogP contribution in [0.25, 0.3) is 0 Å². The average molecular weight is 294 g/mol. The molecule has 112 valence electrons. The molecule has 21 heavy (non-hydrogen) atoms.